The van der Waals surface area contributed by atoms with Crippen LogP contribution < -0.4 is 15.4 Å². The number of aryl methyl sites for hydroxylation is 1. The lowest BCUT2D eigenvalue weighted by Crippen LogP contribution is -2.39. The minimum absolute atomic E-state index is 0. The third-order valence-corrected chi connectivity index (χ3v) is 6.19. The lowest BCUT2D eigenvalue weighted by Gasteiger charge is -2.28. The van der Waals surface area contributed by atoms with Gasteiger partial charge in [0.1, 0.15) is 12.4 Å². The van der Waals surface area contributed by atoms with Crippen LogP contribution >= 0.6 is 12.4 Å². The van der Waals surface area contributed by atoms with Crippen LogP contribution in [0.5, 0.6) is 5.75 Å². The Morgan fingerprint density at radius 1 is 1.25 bits per heavy atom. The predicted octanol–water partition coefficient (Wildman–Crippen LogP) is 3.51. The van der Waals surface area contributed by atoms with E-state index in [0.717, 1.165) is 49.2 Å². The summed E-state index contributed by atoms with van der Waals surface area (Å²) < 4.78 is 11.7. The number of ether oxygens (including phenoxy) is 2. The highest BCUT2D eigenvalue weighted by molar-refractivity contribution is 5.85. The molecule has 5 nitrogen and oxygen atoms in total. The fourth-order valence-corrected chi connectivity index (χ4v) is 4.77. The zero-order valence-corrected chi connectivity index (χ0v) is 17.6. The molecular weight excluding hydrogens is 376 g/mol. The maximum atomic E-state index is 12.5. The normalized spacial score (nSPS) is 28.6. The SMILES string of the molecule is Cc1ccc(CNC(=O)CC2CC3CCC(C2)N3)c(OCC2CCCO2)c1.Cl. The Hall–Kier alpha value is -1.30. The summed E-state index contributed by atoms with van der Waals surface area (Å²) >= 11 is 0. The first-order valence-electron chi connectivity index (χ1n) is 10.5. The minimum atomic E-state index is 0. The molecule has 0 aromatic heterocycles. The fourth-order valence-electron chi connectivity index (χ4n) is 4.77. The molecule has 3 aliphatic heterocycles. The Morgan fingerprint density at radius 3 is 2.75 bits per heavy atom. The summed E-state index contributed by atoms with van der Waals surface area (Å²) in [6.07, 6.45) is 7.86. The summed E-state index contributed by atoms with van der Waals surface area (Å²) in [7, 11) is 0. The molecule has 0 radical (unpaired) electrons. The lowest BCUT2D eigenvalue weighted by molar-refractivity contribution is -0.122. The Morgan fingerprint density at radius 2 is 2.04 bits per heavy atom. The van der Waals surface area contributed by atoms with E-state index in [9.17, 15) is 4.79 Å². The standard InChI is InChI=1S/C22H32N2O3.ClH/c1-15-4-5-17(21(9-15)27-14-20-3-2-8-26-20)13-23-22(25)12-16-10-18-6-7-19(11-16)24-18;/h4-5,9,16,18-20,24H,2-3,6-8,10-14H2,1H3,(H,23,25);1H. The van der Waals surface area contributed by atoms with Crippen molar-refractivity contribution >= 4 is 18.3 Å². The van der Waals surface area contributed by atoms with E-state index < -0.39 is 0 Å². The zero-order valence-electron chi connectivity index (χ0n) is 16.7. The fraction of sp³-hybridized carbons (Fsp3) is 0.682. The van der Waals surface area contributed by atoms with E-state index in [4.69, 9.17) is 9.47 Å². The smallest absolute Gasteiger partial charge is 0.220 e. The molecule has 1 amide bonds. The molecule has 3 aliphatic rings. The zero-order chi connectivity index (χ0) is 18.6. The van der Waals surface area contributed by atoms with Crippen LogP contribution in [0, 0.1) is 12.8 Å². The van der Waals surface area contributed by atoms with Crippen LogP contribution in [0.1, 0.15) is 56.1 Å². The highest BCUT2D eigenvalue weighted by Gasteiger charge is 2.34. The van der Waals surface area contributed by atoms with E-state index in [1.165, 1.54) is 12.8 Å². The van der Waals surface area contributed by atoms with Crippen molar-refractivity contribution in [1.82, 2.24) is 10.6 Å². The van der Waals surface area contributed by atoms with Crippen molar-refractivity contribution in [3.8, 4) is 5.75 Å². The maximum Gasteiger partial charge on any atom is 0.220 e. The van der Waals surface area contributed by atoms with Gasteiger partial charge in [0.2, 0.25) is 5.91 Å². The van der Waals surface area contributed by atoms with Crippen molar-refractivity contribution in [2.24, 2.45) is 5.92 Å². The monoisotopic (exact) mass is 408 g/mol. The minimum Gasteiger partial charge on any atom is -0.491 e. The topological polar surface area (TPSA) is 59.6 Å². The van der Waals surface area contributed by atoms with Gasteiger partial charge in [-0.1, -0.05) is 12.1 Å². The van der Waals surface area contributed by atoms with Gasteiger partial charge in [0.25, 0.3) is 0 Å². The van der Waals surface area contributed by atoms with Crippen LogP contribution in [0.2, 0.25) is 0 Å². The highest BCUT2D eigenvalue weighted by Crippen LogP contribution is 2.32. The molecule has 3 saturated heterocycles. The molecular formula is C22H33ClN2O3. The molecule has 3 unspecified atom stereocenters. The number of hydrogen-bond acceptors (Lipinski definition) is 4. The van der Waals surface area contributed by atoms with Gasteiger partial charge in [-0.25, -0.2) is 0 Å². The average molecular weight is 409 g/mol. The van der Waals surface area contributed by atoms with Crippen LogP contribution in [0.3, 0.4) is 0 Å². The summed E-state index contributed by atoms with van der Waals surface area (Å²) in [6.45, 7) is 4.01. The first-order chi connectivity index (χ1) is 13.2. The number of piperidine rings is 1. The lowest BCUT2D eigenvalue weighted by atomic mass is 9.89. The molecule has 4 rings (SSSR count). The summed E-state index contributed by atoms with van der Waals surface area (Å²) in [6, 6.07) is 7.46. The van der Waals surface area contributed by atoms with Crippen LogP contribution in [-0.2, 0) is 16.1 Å². The average Bonchev–Trinajstić information content (AvgIpc) is 3.28. The largest absolute Gasteiger partial charge is 0.491 e. The second-order valence-corrected chi connectivity index (χ2v) is 8.51. The number of halogens is 1. The molecule has 3 heterocycles. The summed E-state index contributed by atoms with van der Waals surface area (Å²) in [5, 5.41) is 6.76. The van der Waals surface area contributed by atoms with E-state index in [1.54, 1.807) is 0 Å². The van der Waals surface area contributed by atoms with Crippen molar-refractivity contribution in [3.63, 3.8) is 0 Å². The van der Waals surface area contributed by atoms with E-state index >= 15 is 0 Å². The predicted molar refractivity (Wildman–Crippen MR) is 112 cm³/mol. The first kappa shape index (κ1) is 21.4. The van der Waals surface area contributed by atoms with E-state index in [2.05, 4.69) is 35.8 Å². The number of hydrogen-bond donors (Lipinski definition) is 2. The van der Waals surface area contributed by atoms with E-state index in [1.807, 2.05) is 0 Å². The van der Waals surface area contributed by atoms with Crippen LogP contribution in [-0.4, -0.2) is 37.3 Å². The molecule has 1 aromatic rings. The van der Waals surface area contributed by atoms with Gasteiger partial charge in [0.05, 0.1) is 6.10 Å². The van der Waals surface area contributed by atoms with Gasteiger partial charge in [0, 0.05) is 37.2 Å². The van der Waals surface area contributed by atoms with Crippen molar-refractivity contribution in [1.29, 1.82) is 0 Å². The van der Waals surface area contributed by atoms with Gasteiger partial charge < -0.3 is 20.1 Å². The molecule has 0 spiro atoms. The molecule has 1 aromatic carbocycles. The van der Waals surface area contributed by atoms with Gasteiger partial charge >= 0.3 is 0 Å². The number of rotatable bonds is 7. The molecule has 2 N–H and O–H groups in total. The molecule has 2 bridgehead atoms. The van der Waals surface area contributed by atoms with Crippen LogP contribution in [0.4, 0.5) is 0 Å². The van der Waals surface area contributed by atoms with E-state index in [-0.39, 0.29) is 24.4 Å². The van der Waals surface area contributed by atoms with Crippen LogP contribution in [0.25, 0.3) is 0 Å². The third kappa shape index (κ3) is 5.62. The van der Waals surface area contributed by atoms with E-state index in [0.29, 0.717) is 37.6 Å². The quantitative estimate of drug-likeness (QED) is 0.724. The highest BCUT2D eigenvalue weighted by atomic mass is 35.5. The summed E-state index contributed by atoms with van der Waals surface area (Å²) in [5.74, 6) is 1.55. The van der Waals surface area contributed by atoms with Crippen molar-refractivity contribution in [2.45, 2.75) is 76.6 Å². The number of benzene rings is 1. The Bertz CT molecular complexity index is 651. The molecule has 28 heavy (non-hydrogen) atoms. The molecule has 0 aliphatic carbocycles. The van der Waals surface area contributed by atoms with Crippen molar-refractivity contribution in [3.05, 3.63) is 29.3 Å². The Balaban J connectivity index is 0.00000225. The first-order valence-corrected chi connectivity index (χ1v) is 10.5. The number of carbonyl (C=O) groups is 1. The molecule has 6 heteroatoms. The maximum absolute atomic E-state index is 12.5. The molecule has 3 fully saturated rings. The third-order valence-electron chi connectivity index (χ3n) is 6.19. The van der Waals surface area contributed by atoms with Crippen molar-refractivity contribution in [2.75, 3.05) is 13.2 Å². The molecule has 3 atom stereocenters. The van der Waals surface area contributed by atoms with Gasteiger partial charge in [-0.15, -0.1) is 12.4 Å². The summed E-state index contributed by atoms with van der Waals surface area (Å²) in [4.78, 5) is 12.5. The second kappa shape index (κ2) is 9.95. The number of amides is 1. The van der Waals surface area contributed by atoms with Crippen molar-refractivity contribution < 1.29 is 14.3 Å². The summed E-state index contributed by atoms with van der Waals surface area (Å²) in [5.41, 5.74) is 2.20. The van der Waals surface area contributed by atoms with Gasteiger partial charge in [-0.3, -0.25) is 4.79 Å². The van der Waals surface area contributed by atoms with Gasteiger partial charge in [-0.2, -0.15) is 0 Å². The molecule has 0 saturated carbocycles. The number of carbonyl (C=O) groups excluding carboxylic acids is 1. The Labute approximate surface area is 174 Å². The second-order valence-electron chi connectivity index (χ2n) is 8.51. The van der Waals surface area contributed by atoms with Gasteiger partial charge in [0.15, 0.2) is 0 Å². The number of fused-ring (bicyclic) bond motifs is 2. The van der Waals surface area contributed by atoms with Crippen LogP contribution in [0.15, 0.2) is 18.2 Å². The molecule has 156 valence electrons. The van der Waals surface area contributed by atoms with Gasteiger partial charge in [-0.05, 0) is 63.0 Å². The number of nitrogens with one attached hydrogen (secondary N) is 2. The Kier molecular flexibility index (Phi) is 7.61.